The van der Waals surface area contributed by atoms with Gasteiger partial charge in [0.1, 0.15) is 0 Å². The van der Waals surface area contributed by atoms with Crippen LogP contribution >= 0.6 is 0 Å². The second-order valence-electron chi connectivity index (χ2n) is 5.36. The standard InChI is InChI=1S/C17H24O3/c1-14-12-16(8-5-10-18)20-17(14)9-11-19-13-15-6-3-2-4-7-15/h2-8,14,16-18H,9-13H2,1H3/b8-5+/t14-,16+,17+/m1/s1. The fraction of sp³-hybridized carbons (Fsp3) is 0.529. The summed E-state index contributed by atoms with van der Waals surface area (Å²) in [6.07, 6.45) is 6.08. The molecule has 0 radical (unpaired) electrons. The second kappa shape index (κ2) is 8.20. The highest BCUT2D eigenvalue weighted by Gasteiger charge is 2.30. The van der Waals surface area contributed by atoms with E-state index in [-0.39, 0.29) is 18.8 Å². The van der Waals surface area contributed by atoms with Crippen LogP contribution in [0.4, 0.5) is 0 Å². The van der Waals surface area contributed by atoms with Crippen molar-refractivity contribution in [3.63, 3.8) is 0 Å². The van der Waals surface area contributed by atoms with Crippen molar-refractivity contribution in [2.75, 3.05) is 13.2 Å². The minimum atomic E-state index is 0.0824. The predicted molar refractivity (Wildman–Crippen MR) is 79.4 cm³/mol. The molecule has 110 valence electrons. The van der Waals surface area contributed by atoms with Gasteiger partial charge in [-0.15, -0.1) is 0 Å². The number of hydrogen-bond acceptors (Lipinski definition) is 3. The first kappa shape index (κ1) is 15.2. The Morgan fingerprint density at radius 3 is 2.90 bits per heavy atom. The summed E-state index contributed by atoms with van der Waals surface area (Å²) >= 11 is 0. The Labute approximate surface area is 121 Å². The maximum absolute atomic E-state index is 8.78. The van der Waals surface area contributed by atoms with E-state index in [2.05, 4.69) is 19.1 Å². The molecular formula is C17H24O3. The number of ether oxygens (including phenoxy) is 2. The number of aliphatic hydroxyl groups excluding tert-OH is 1. The summed E-state index contributed by atoms with van der Waals surface area (Å²) in [6, 6.07) is 10.2. The lowest BCUT2D eigenvalue weighted by Gasteiger charge is -2.15. The maximum atomic E-state index is 8.78. The minimum Gasteiger partial charge on any atom is -0.392 e. The molecule has 0 saturated carbocycles. The van der Waals surface area contributed by atoms with Crippen molar-refractivity contribution in [2.24, 2.45) is 5.92 Å². The zero-order valence-electron chi connectivity index (χ0n) is 12.1. The average Bonchev–Trinajstić information content (AvgIpc) is 2.83. The largest absolute Gasteiger partial charge is 0.392 e. The molecule has 1 fully saturated rings. The monoisotopic (exact) mass is 276 g/mol. The third-order valence-corrected chi connectivity index (χ3v) is 3.70. The van der Waals surface area contributed by atoms with Gasteiger partial charge < -0.3 is 14.6 Å². The van der Waals surface area contributed by atoms with E-state index in [1.807, 2.05) is 24.3 Å². The smallest absolute Gasteiger partial charge is 0.0764 e. The maximum Gasteiger partial charge on any atom is 0.0764 e. The van der Waals surface area contributed by atoms with Gasteiger partial charge in [0, 0.05) is 6.61 Å². The van der Waals surface area contributed by atoms with Crippen molar-refractivity contribution in [1.29, 1.82) is 0 Å². The molecule has 1 saturated heterocycles. The molecule has 3 heteroatoms. The van der Waals surface area contributed by atoms with Crippen LogP contribution in [0.3, 0.4) is 0 Å². The highest BCUT2D eigenvalue weighted by molar-refractivity contribution is 5.13. The quantitative estimate of drug-likeness (QED) is 0.615. The molecule has 1 aliphatic heterocycles. The van der Waals surface area contributed by atoms with Crippen LogP contribution in [0.25, 0.3) is 0 Å². The van der Waals surface area contributed by atoms with Gasteiger partial charge in [-0.1, -0.05) is 49.4 Å². The zero-order chi connectivity index (χ0) is 14.2. The molecule has 20 heavy (non-hydrogen) atoms. The molecule has 1 aliphatic rings. The van der Waals surface area contributed by atoms with Gasteiger partial charge in [0.05, 0.1) is 25.4 Å². The van der Waals surface area contributed by atoms with E-state index in [1.54, 1.807) is 6.08 Å². The Balaban J connectivity index is 1.65. The molecule has 2 rings (SSSR count). The average molecular weight is 276 g/mol. The highest BCUT2D eigenvalue weighted by atomic mass is 16.5. The van der Waals surface area contributed by atoms with E-state index in [1.165, 1.54) is 5.56 Å². The molecule has 1 aromatic carbocycles. The van der Waals surface area contributed by atoms with E-state index < -0.39 is 0 Å². The molecule has 1 N–H and O–H groups in total. The highest BCUT2D eigenvalue weighted by Crippen LogP contribution is 2.29. The van der Waals surface area contributed by atoms with Crippen molar-refractivity contribution < 1.29 is 14.6 Å². The fourth-order valence-electron chi connectivity index (χ4n) is 2.59. The molecule has 3 atom stereocenters. The molecule has 1 heterocycles. The molecular weight excluding hydrogens is 252 g/mol. The molecule has 3 nitrogen and oxygen atoms in total. The summed E-state index contributed by atoms with van der Waals surface area (Å²) in [5.74, 6) is 0.545. The van der Waals surface area contributed by atoms with Crippen LogP contribution in [0.15, 0.2) is 42.5 Å². The SMILES string of the molecule is C[C@@H]1C[C@H](/C=C/CO)O[C@H]1CCOCc1ccccc1. The number of aliphatic hydroxyl groups is 1. The van der Waals surface area contributed by atoms with Gasteiger partial charge in [-0.3, -0.25) is 0 Å². The van der Waals surface area contributed by atoms with Crippen LogP contribution in [0.5, 0.6) is 0 Å². The molecule has 0 aromatic heterocycles. The lowest BCUT2D eigenvalue weighted by molar-refractivity contribution is 0.0226. The Morgan fingerprint density at radius 1 is 1.35 bits per heavy atom. The van der Waals surface area contributed by atoms with Crippen LogP contribution < -0.4 is 0 Å². The lowest BCUT2D eigenvalue weighted by Crippen LogP contribution is -2.16. The Morgan fingerprint density at radius 2 is 2.15 bits per heavy atom. The van der Waals surface area contributed by atoms with Crippen LogP contribution in [-0.4, -0.2) is 30.5 Å². The summed E-state index contributed by atoms with van der Waals surface area (Å²) in [5, 5.41) is 8.78. The zero-order valence-corrected chi connectivity index (χ0v) is 12.1. The van der Waals surface area contributed by atoms with Crippen molar-refractivity contribution >= 4 is 0 Å². The molecule has 0 aliphatic carbocycles. The van der Waals surface area contributed by atoms with Crippen molar-refractivity contribution in [2.45, 2.75) is 38.6 Å². The van der Waals surface area contributed by atoms with E-state index in [0.717, 1.165) is 19.4 Å². The molecule has 0 amide bonds. The first-order valence-corrected chi connectivity index (χ1v) is 7.34. The predicted octanol–water partition coefficient (Wildman–Crippen LogP) is 2.94. The number of benzene rings is 1. The third kappa shape index (κ3) is 4.75. The number of hydrogen-bond donors (Lipinski definition) is 1. The van der Waals surface area contributed by atoms with Gasteiger partial charge in [-0.05, 0) is 24.3 Å². The summed E-state index contributed by atoms with van der Waals surface area (Å²) in [5.41, 5.74) is 1.21. The van der Waals surface area contributed by atoms with Crippen molar-refractivity contribution in [3.05, 3.63) is 48.0 Å². The van der Waals surface area contributed by atoms with Crippen LogP contribution in [0, 0.1) is 5.92 Å². The number of rotatable bonds is 7. The molecule has 1 aromatic rings. The fourth-order valence-corrected chi connectivity index (χ4v) is 2.59. The Kier molecular flexibility index (Phi) is 6.25. The second-order valence-corrected chi connectivity index (χ2v) is 5.36. The van der Waals surface area contributed by atoms with E-state index in [0.29, 0.717) is 12.5 Å². The van der Waals surface area contributed by atoms with Gasteiger partial charge in [0.25, 0.3) is 0 Å². The Hall–Kier alpha value is -1.16. The Bertz CT molecular complexity index is 402. The van der Waals surface area contributed by atoms with Crippen LogP contribution in [0.1, 0.15) is 25.3 Å². The summed E-state index contributed by atoms with van der Waals surface area (Å²) < 4.78 is 11.7. The van der Waals surface area contributed by atoms with E-state index in [4.69, 9.17) is 14.6 Å². The normalized spacial score (nSPS) is 26.4. The topological polar surface area (TPSA) is 38.7 Å². The molecule has 0 spiro atoms. The van der Waals surface area contributed by atoms with Gasteiger partial charge in [-0.25, -0.2) is 0 Å². The van der Waals surface area contributed by atoms with Gasteiger partial charge in [0.15, 0.2) is 0 Å². The lowest BCUT2D eigenvalue weighted by atomic mass is 10.00. The first-order valence-electron chi connectivity index (χ1n) is 7.34. The van der Waals surface area contributed by atoms with E-state index in [9.17, 15) is 0 Å². The first-order chi connectivity index (χ1) is 9.79. The van der Waals surface area contributed by atoms with Gasteiger partial charge in [0.2, 0.25) is 0 Å². The van der Waals surface area contributed by atoms with E-state index >= 15 is 0 Å². The van der Waals surface area contributed by atoms with Crippen molar-refractivity contribution in [1.82, 2.24) is 0 Å². The van der Waals surface area contributed by atoms with Crippen LogP contribution in [-0.2, 0) is 16.1 Å². The third-order valence-electron chi connectivity index (χ3n) is 3.70. The van der Waals surface area contributed by atoms with Crippen molar-refractivity contribution in [3.8, 4) is 0 Å². The van der Waals surface area contributed by atoms with Crippen LogP contribution in [0.2, 0.25) is 0 Å². The molecule has 0 bridgehead atoms. The summed E-state index contributed by atoms with van der Waals surface area (Å²) in [4.78, 5) is 0. The van der Waals surface area contributed by atoms with Gasteiger partial charge >= 0.3 is 0 Å². The summed E-state index contributed by atoms with van der Waals surface area (Å²) in [6.45, 7) is 3.68. The molecule has 0 unspecified atom stereocenters. The van der Waals surface area contributed by atoms with Gasteiger partial charge in [-0.2, -0.15) is 0 Å². The summed E-state index contributed by atoms with van der Waals surface area (Å²) in [7, 11) is 0. The minimum absolute atomic E-state index is 0.0824.